The minimum absolute atomic E-state index is 0.0217. The van der Waals surface area contributed by atoms with Gasteiger partial charge < -0.3 is 4.42 Å². The van der Waals surface area contributed by atoms with Gasteiger partial charge in [-0.15, -0.1) is 11.6 Å². The Morgan fingerprint density at radius 1 is 1.60 bits per heavy atom. The summed E-state index contributed by atoms with van der Waals surface area (Å²) in [5.74, 6) is 2.14. The average molecular weight is 250 g/mol. The maximum absolute atomic E-state index is 11.3. The first-order valence-corrected chi connectivity index (χ1v) is 7.17. The fourth-order valence-electron chi connectivity index (χ4n) is 1.73. The van der Waals surface area contributed by atoms with E-state index < -0.39 is 9.84 Å². The molecule has 0 radical (unpaired) electrons. The van der Waals surface area contributed by atoms with Crippen molar-refractivity contribution in [2.75, 3.05) is 17.4 Å². The Labute approximate surface area is 93.6 Å². The highest BCUT2D eigenvalue weighted by atomic mass is 35.5. The molecule has 0 aliphatic carbocycles. The number of halogens is 1. The zero-order valence-corrected chi connectivity index (χ0v) is 9.72. The first kappa shape index (κ1) is 11.0. The zero-order chi connectivity index (χ0) is 10.9. The number of hydrogen-bond acceptors (Lipinski definition) is 4. The Kier molecular flexibility index (Phi) is 3.02. The van der Waals surface area contributed by atoms with Gasteiger partial charge in [-0.3, -0.25) is 0 Å². The van der Waals surface area contributed by atoms with Crippen LogP contribution in [0.25, 0.3) is 0 Å². The SMILES string of the molecule is O=S1(=O)CCC(c2cnc(CCCl)o2)C1. The zero-order valence-electron chi connectivity index (χ0n) is 8.15. The van der Waals surface area contributed by atoms with Crippen molar-refractivity contribution in [1.82, 2.24) is 4.98 Å². The number of aromatic nitrogens is 1. The lowest BCUT2D eigenvalue weighted by Gasteiger charge is -2.00. The normalized spacial score (nSPS) is 24.5. The van der Waals surface area contributed by atoms with Crippen LogP contribution in [0.1, 0.15) is 24.0 Å². The fourth-order valence-corrected chi connectivity index (χ4v) is 3.64. The Morgan fingerprint density at radius 3 is 3.00 bits per heavy atom. The van der Waals surface area contributed by atoms with E-state index in [0.717, 1.165) is 0 Å². The maximum atomic E-state index is 11.3. The molecular weight excluding hydrogens is 238 g/mol. The predicted molar refractivity (Wildman–Crippen MR) is 56.9 cm³/mol. The van der Waals surface area contributed by atoms with Gasteiger partial charge in [0.2, 0.25) is 0 Å². The molecule has 0 N–H and O–H groups in total. The maximum Gasteiger partial charge on any atom is 0.195 e. The molecule has 1 fully saturated rings. The lowest BCUT2D eigenvalue weighted by atomic mass is 10.1. The highest BCUT2D eigenvalue weighted by molar-refractivity contribution is 7.91. The molecule has 1 aliphatic rings. The van der Waals surface area contributed by atoms with Crippen molar-refractivity contribution in [3.63, 3.8) is 0 Å². The van der Waals surface area contributed by atoms with Crippen molar-refractivity contribution < 1.29 is 12.8 Å². The van der Waals surface area contributed by atoms with Crippen LogP contribution in [0.5, 0.6) is 0 Å². The molecule has 1 aliphatic heterocycles. The smallest absolute Gasteiger partial charge is 0.195 e. The summed E-state index contributed by atoms with van der Waals surface area (Å²) >= 11 is 5.55. The van der Waals surface area contributed by atoms with E-state index in [-0.39, 0.29) is 17.4 Å². The van der Waals surface area contributed by atoms with Crippen molar-refractivity contribution in [3.8, 4) is 0 Å². The second kappa shape index (κ2) is 4.14. The van der Waals surface area contributed by atoms with E-state index in [9.17, 15) is 8.42 Å². The molecule has 0 aromatic carbocycles. The van der Waals surface area contributed by atoms with Gasteiger partial charge in [0.15, 0.2) is 15.7 Å². The van der Waals surface area contributed by atoms with Crippen LogP contribution < -0.4 is 0 Å². The molecule has 1 aromatic rings. The van der Waals surface area contributed by atoms with Gasteiger partial charge in [-0.1, -0.05) is 0 Å². The molecule has 6 heteroatoms. The third kappa shape index (κ3) is 2.52. The molecule has 0 saturated carbocycles. The van der Waals surface area contributed by atoms with Crippen molar-refractivity contribution in [3.05, 3.63) is 17.8 Å². The summed E-state index contributed by atoms with van der Waals surface area (Å²) in [6.07, 6.45) is 2.84. The van der Waals surface area contributed by atoms with Gasteiger partial charge in [-0.2, -0.15) is 0 Å². The number of nitrogens with zero attached hydrogens (tertiary/aromatic N) is 1. The summed E-state index contributed by atoms with van der Waals surface area (Å²) in [5.41, 5.74) is 0. The van der Waals surface area contributed by atoms with Crippen LogP contribution in [-0.2, 0) is 16.3 Å². The van der Waals surface area contributed by atoms with Gasteiger partial charge in [0, 0.05) is 18.2 Å². The second-order valence-electron chi connectivity index (χ2n) is 3.70. The third-order valence-corrected chi connectivity index (χ3v) is 4.47. The van der Waals surface area contributed by atoms with E-state index in [0.29, 0.717) is 30.4 Å². The summed E-state index contributed by atoms with van der Waals surface area (Å²) in [5, 5.41) is 0. The minimum atomic E-state index is -2.86. The van der Waals surface area contributed by atoms with Gasteiger partial charge in [-0.25, -0.2) is 13.4 Å². The molecule has 1 unspecified atom stereocenters. The molecule has 1 aromatic heterocycles. The molecule has 1 saturated heterocycles. The van der Waals surface area contributed by atoms with E-state index in [1.165, 1.54) is 0 Å². The Hall–Kier alpha value is -0.550. The van der Waals surface area contributed by atoms with E-state index in [2.05, 4.69) is 4.98 Å². The summed E-state index contributed by atoms with van der Waals surface area (Å²) in [6.45, 7) is 0. The number of rotatable bonds is 3. The van der Waals surface area contributed by atoms with Crippen LogP contribution in [0.3, 0.4) is 0 Å². The third-order valence-electron chi connectivity index (χ3n) is 2.51. The molecule has 4 nitrogen and oxygen atoms in total. The average Bonchev–Trinajstić information content (AvgIpc) is 2.73. The Balaban J connectivity index is 2.10. The van der Waals surface area contributed by atoms with E-state index in [1.54, 1.807) is 6.20 Å². The number of alkyl halides is 1. The standard InChI is InChI=1S/C9H12ClNO3S/c10-3-1-9-11-5-8(14-9)7-2-4-15(12,13)6-7/h5,7H,1-4,6H2. The molecule has 2 heterocycles. The second-order valence-corrected chi connectivity index (χ2v) is 6.30. The molecule has 1 atom stereocenters. The fraction of sp³-hybridized carbons (Fsp3) is 0.667. The van der Waals surface area contributed by atoms with Gasteiger partial charge in [-0.05, 0) is 6.42 Å². The summed E-state index contributed by atoms with van der Waals surface area (Å²) < 4.78 is 28.0. The largest absolute Gasteiger partial charge is 0.445 e. The molecule has 0 amide bonds. The topological polar surface area (TPSA) is 60.2 Å². The summed E-state index contributed by atoms with van der Waals surface area (Å²) in [7, 11) is -2.86. The van der Waals surface area contributed by atoms with Crippen LogP contribution >= 0.6 is 11.6 Å². The monoisotopic (exact) mass is 249 g/mol. The molecule has 15 heavy (non-hydrogen) atoms. The predicted octanol–water partition coefficient (Wildman–Crippen LogP) is 1.36. The van der Waals surface area contributed by atoms with Crippen LogP contribution in [0.15, 0.2) is 10.6 Å². The number of aryl methyl sites for hydroxylation is 1. The molecular formula is C9H12ClNO3S. The Morgan fingerprint density at radius 2 is 2.40 bits per heavy atom. The van der Waals surface area contributed by atoms with Gasteiger partial charge in [0.05, 0.1) is 17.7 Å². The summed E-state index contributed by atoms with van der Waals surface area (Å²) in [6, 6.07) is 0. The van der Waals surface area contributed by atoms with E-state index in [1.807, 2.05) is 0 Å². The Bertz CT molecular complexity index is 440. The van der Waals surface area contributed by atoms with Crippen molar-refractivity contribution in [1.29, 1.82) is 0 Å². The first-order valence-electron chi connectivity index (χ1n) is 4.82. The lowest BCUT2D eigenvalue weighted by Crippen LogP contribution is -2.02. The quantitative estimate of drug-likeness (QED) is 0.759. The minimum Gasteiger partial charge on any atom is -0.445 e. The van der Waals surface area contributed by atoms with Crippen molar-refractivity contribution in [2.24, 2.45) is 0 Å². The van der Waals surface area contributed by atoms with E-state index >= 15 is 0 Å². The van der Waals surface area contributed by atoms with Crippen molar-refractivity contribution >= 4 is 21.4 Å². The van der Waals surface area contributed by atoms with Crippen LogP contribution in [-0.4, -0.2) is 30.8 Å². The highest BCUT2D eigenvalue weighted by Crippen LogP contribution is 2.29. The van der Waals surface area contributed by atoms with E-state index in [4.69, 9.17) is 16.0 Å². The van der Waals surface area contributed by atoms with Crippen LogP contribution in [0, 0.1) is 0 Å². The number of sulfone groups is 1. The lowest BCUT2D eigenvalue weighted by molar-refractivity contribution is 0.437. The van der Waals surface area contributed by atoms with Crippen molar-refractivity contribution in [2.45, 2.75) is 18.8 Å². The molecule has 0 bridgehead atoms. The highest BCUT2D eigenvalue weighted by Gasteiger charge is 2.31. The number of hydrogen-bond donors (Lipinski definition) is 0. The first-order chi connectivity index (χ1) is 7.11. The van der Waals surface area contributed by atoms with Crippen LogP contribution in [0.4, 0.5) is 0 Å². The van der Waals surface area contributed by atoms with Gasteiger partial charge in [0.25, 0.3) is 0 Å². The van der Waals surface area contributed by atoms with Gasteiger partial charge >= 0.3 is 0 Å². The van der Waals surface area contributed by atoms with Gasteiger partial charge in [0.1, 0.15) is 5.76 Å². The van der Waals surface area contributed by atoms with Crippen LogP contribution in [0.2, 0.25) is 0 Å². The number of oxazole rings is 1. The summed E-state index contributed by atoms with van der Waals surface area (Å²) in [4.78, 5) is 4.05. The molecule has 84 valence electrons. The molecule has 2 rings (SSSR count). The molecule has 0 spiro atoms.